The zero-order valence-corrected chi connectivity index (χ0v) is 14.1. The van der Waals surface area contributed by atoms with Crippen LogP contribution in [0.4, 0.5) is 0 Å². The fraction of sp³-hybridized carbons (Fsp3) is 0.0952. The van der Waals surface area contributed by atoms with Gasteiger partial charge in [-0.1, -0.05) is 66.7 Å². The van der Waals surface area contributed by atoms with Gasteiger partial charge in [0.15, 0.2) is 0 Å². The molecule has 1 N–H and O–H groups in total. The van der Waals surface area contributed by atoms with E-state index in [1.165, 1.54) is 6.33 Å². The molecule has 26 heavy (non-hydrogen) atoms. The van der Waals surface area contributed by atoms with Gasteiger partial charge in [0, 0.05) is 5.56 Å². The highest BCUT2D eigenvalue weighted by atomic mass is 16.1. The molecule has 0 spiro atoms. The largest absolute Gasteiger partial charge is 0.343 e. The molecule has 0 saturated carbocycles. The molecular formula is C21H18N4O. The molecule has 5 nitrogen and oxygen atoms in total. The predicted molar refractivity (Wildman–Crippen MR) is 101 cm³/mol. The number of fused-ring (bicyclic) bond motifs is 1. The highest BCUT2D eigenvalue weighted by Crippen LogP contribution is 2.21. The smallest absolute Gasteiger partial charge is 0.252 e. The Morgan fingerprint density at radius 1 is 0.962 bits per heavy atom. The van der Waals surface area contributed by atoms with Gasteiger partial charge in [-0.15, -0.1) is 0 Å². The molecule has 5 heteroatoms. The van der Waals surface area contributed by atoms with Crippen LogP contribution >= 0.6 is 0 Å². The molecule has 1 atom stereocenters. The summed E-state index contributed by atoms with van der Waals surface area (Å²) in [6.45, 7) is 0.514. The van der Waals surface area contributed by atoms with E-state index in [1.54, 1.807) is 11.0 Å². The Morgan fingerprint density at radius 2 is 1.73 bits per heavy atom. The van der Waals surface area contributed by atoms with E-state index in [2.05, 4.69) is 15.4 Å². The highest BCUT2D eigenvalue weighted by Gasteiger charge is 2.18. The second kappa shape index (κ2) is 7.19. The third kappa shape index (κ3) is 3.32. The van der Waals surface area contributed by atoms with Gasteiger partial charge >= 0.3 is 0 Å². The lowest BCUT2D eigenvalue weighted by Crippen LogP contribution is -2.31. The molecule has 1 unspecified atom stereocenters. The van der Waals surface area contributed by atoms with Gasteiger partial charge in [0.1, 0.15) is 12.7 Å². The van der Waals surface area contributed by atoms with Gasteiger partial charge in [0.2, 0.25) is 0 Å². The molecule has 0 fully saturated rings. The van der Waals surface area contributed by atoms with Crippen molar-refractivity contribution in [2.45, 2.75) is 12.6 Å². The average Bonchev–Trinajstić information content (AvgIpc) is 3.21. The van der Waals surface area contributed by atoms with Crippen molar-refractivity contribution in [3.8, 4) is 0 Å². The molecule has 3 aromatic carbocycles. The predicted octanol–water partition coefficient (Wildman–Crippen LogP) is 3.60. The zero-order valence-electron chi connectivity index (χ0n) is 14.1. The summed E-state index contributed by atoms with van der Waals surface area (Å²) in [7, 11) is 0. The number of hydrogen-bond donors (Lipinski definition) is 1. The number of amides is 1. The van der Waals surface area contributed by atoms with Crippen molar-refractivity contribution in [1.82, 2.24) is 20.1 Å². The third-order valence-corrected chi connectivity index (χ3v) is 4.38. The normalized spacial score (nSPS) is 12.0. The minimum Gasteiger partial charge on any atom is -0.343 e. The fourth-order valence-electron chi connectivity index (χ4n) is 3.09. The van der Waals surface area contributed by atoms with Crippen LogP contribution in [0.2, 0.25) is 0 Å². The van der Waals surface area contributed by atoms with Crippen LogP contribution in [0.5, 0.6) is 0 Å². The molecule has 1 heterocycles. The molecule has 0 saturated heterocycles. The summed E-state index contributed by atoms with van der Waals surface area (Å²) in [6.07, 6.45) is 3.15. The summed E-state index contributed by atoms with van der Waals surface area (Å²) < 4.78 is 1.72. The van der Waals surface area contributed by atoms with E-state index in [0.29, 0.717) is 12.1 Å². The van der Waals surface area contributed by atoms with E-state index in [4.69, 9.17) is 0 Å². The van der Waals surface area contributed by atoms with Gasteiger partial charge in [-0.25, -0.2) is 4.98 Å². The maximum atomic E-state index is 13.0. The number of carbonyl (C=O) groups excluding carboxylic acids is 1. The summed E-state index contributed by atoms with van der Waals surface area (Å²) in [5.41, 5.74) is 1.69. The van der Waals surface area contributed by atoms with Gasteiger partial charge in [-0.05, 0) is 22.4 Å². The first-order valence-corrected chi connectivity index (χ1v) is 8.47. The fourth-order valence-corrected chi connectivity index (χ4v) is 3.09. The van der Waals surface area contributed by atoms with Crippen molar-refractivity contribution in [3.63, 3.8) is 0 Å². The van der Waals surface area contributed by atoms with Gasteiger partial charge < -0.3 is 5.32 Å². The van der Waals surface area contributed by atoms with Crippen molar-refractivity contribution < 1.29 is 4.79 Å². The minimum absolute atomic E-state index is 0.101. The van der Waals surface area contributed by atoms with Crippen LogP contribution in [0.15, 0.2) is 85.5 Å². The molecule has 1 amide bonds. The molecule has 4 aromatic rings. The van der Waals surface area contributed by atoms with Crippen LogP contribution in [-0.2, 0) is 6.54 Å². The van der Waals surface area contributed by atoms with Gasteiger partial charge in [0.05, 0.1) is 12.6 Å². The van der Waals surface area contributed by atoms with Crippen molar-refractivity contribution in [2.24, 2.45) is 0 Å². The van der Waals surface area contributed by atoms with E-state index >= 15 is 0 Å². The lowest BCUT2D eigenvalue weighted by atomic mass is 10.0. The van der Waals surface area contributed by atoms with E-state index in [1.807, 2.05) is 72.8 Å². The SMILES string of the molecule is O=C(NC(Cn1cncn1)c1ccccc1)c1cccc2ccccc12. The van der Waals surface area contributed by atoms with Crippen molar-refractivity contribution in [1.29, 1.82) is 0 Å². The maximum Gasteiger partial charge on any atom is 0.252 e. The summed E-state index contributed by atoms with van der Waals surface area (Å²) >= 11 is 0. The van der Waals surface area contributed by atoms with Crippen LogP contribution in [0.3, 0.4) is 0 Å². The molecule has 0 bridgehead atoms. The molecular weight excluding hydrogens is 324 g/mol. The van der Waals surface area contributed by atoms with Crippen molar-refractivity contribution in [3.05, 3.63) is 96.6 Å². The molecule has 0 radical (unpaired) electrons. The summed E-state index contributed by atoms with van der Waals surface area (Å²) in [6, 6.07) is 23.4. The zero-order chi connectivity index (χ0) is 17.8. The number of nitrogens with one attached hydrogen (secondary N) is 1. The van der Waals surface area contributed by atoms with Crippen LogP contribution in [-0.4, -0.2) is 20.7 Å². The Hall–Kier alpha value is -3.47. The van der Waals surface area contributed by atoms with E-state index in [9.17, 15) is 4.79 Å². The first-order valence-electron chi connectivity index (χ1n) is 8.47. The third-order valence-electron chi connectivity index (χ3n) is 4.38. The number of benzene rings is 3. The monoisotopic (exact) mass is 342 g/mol. The number of aromatic nitrogens is 3. The van der Waals surface area contributed by atoms with Gasteiger partial charge in [0.25, 0.3) is 5.91 Å². The van der Waals surface area contributed by atoms with Gasteiger partial charge in [-0.2, -0.15) is 5.10 Å². The number of hydrogen-bond acceptors (Lipinski definition) is 3. The number of carbonyl (C=O) groups is 1. The lowest BCUT2D eigenvalue weighted by molar-refractivity contribution is 0.0933. The van der Waals surface area contributed by atoms with E-state index < -0.39 is 0 Å². The van der Waals surface area contributed by atoms with Crippen LogP contribution in [0, 0.1) is 0 Å². The van der Waals surface area contributed by atoms with Crippen molar-refractivity contribution >= 4 is 16.7 Å². The number of rotatable bonds is 5. The molecule has 0 aliphatic heterocycles. The second-order valence-electron chi connectivity index (χ2n) is 6.08. The topological polar surface area (TPSA) is 59.8 Å². The Kier molecular flexibility index (Phi) is 4.43. The van der Waals surface area contributed by atoms with E-state index in [0.717, 1.165) is 16.3 Å². The molecule has 4 rings (SSSR count). The molecule has 128 valence electrons. The Bertz CT molecular complexity index is 1010. The minimum atomic E-state index is -0.204. The van der Waals surface area contributed by atoms with Crippen LogP contribution in [0.25, 0.3) is 10.8 Å². The molecule has 0 aliphatic rings. The Morgan fingerprint density at radius 3 is 2.54 bits per heavy atom. The summed E-state index contributed by atoms with van der Waals surface area (Å²) in [5, 5.41) is 9.31. The second-order valence-corrected chi connectivity index (χ2v) is 6.08. The van der Waals surface area contributed by atoms with Crippen molar-refractivity contribution in [2.75, 3.05) is 0 Å². The quantitative estimate of drug-likeness (QED) is 0.603. The number of nitrogens with zero attached hydrogens (tertiary/aromatic N) is 3. The van der Waals surface area contributed by atoms with Crippen LogP contribution < -0.4 is 5.32 Å². The maximum absolute atomic E-state index is 13.0. The van der Waals surface area contributed by atoms with Gasteiger partial charge in [-0.3, -0.25) is 9.48 Å². The van der Waals surface area contributed by atoms with E-state index in [-0.39, 0.29) is 11.9 Å². The molecule has 0 aliphatic carbocycles. The Balaban J connectivity index is 1.65. The standard InChI is InChI=1S/C21H18N4O/c26-21(19-12-6-10-16-7-4-5-11-18(16)19)24-20(13-25-15-22-14-23-25)17-8-2-1-3-9-17/h1-12,14-15,20H,13H2,(H,24,26). The molecule has 1 aromatic heterocycles. The average molecular weight is 342 g/mol. The summed E-state index contributed by atoms with van der Waals surface area (Å²) in [4.78, 5) is 17.0. The first kappa shape index (κ1) is 16.0. The lowest BCUT2D eigenvalue weighted by Gasteiger charge is -2.19. The first-order chi connectivity index (χ1) is 12.8. The summed E-state index contributed by atoms with van der Waals surface area (Å²) in [5.74, 6) is -0.101. The van der Waals surface area contributed by atoms with Crippen LogP contribution in [0.1, 0.15) is 22.0 Å². The Labute approximate surface area is 151 Å². The highest BCUT2D eigenvalue weighted by molar-refractivity contribution is 6.07.